The second-order valence-electron chi connectivity index (χ2n) is 23.8. The molecule has 0 bridgehead atoms. The van der Waals surface area contributed by atoms with Crippen molar-refractivity contribution in [2.24, 2.45) is 17.2 Å². The van der Waals surface area contributed by atoms with E-state index in [-0.39, 0.29) is 67.9 Å². The summed E-state index contributed by atoms with van der Waals surface area (Å²) in [5, 5.41) is 29.8. The topological polar surface area (TPSA) is 306 Å². The summed E-state index contributed by atoms with van der Waals surface area (Å²) < 4.78 is 46.5. The summed E-state index contributed by atoms with van der Waals surface area (Å²) in [6, 6.07) is 58.9. The van der Waals surface area contributed by atoms with Crippen molar-refractivity contribution in [3.8, 4) is 39.5 Å². The van der Waals surface area contributed by atoms with Crippen molar-refractivity contribution in [1.29, 1.82) is 0 Å². The van der Waals surface area contributed by atoms with Crippen LogP contribution in [0.15, 0.2) is 219 Å². The molecule has 12 aromatic rings. The molecule has 0 unspecified atom stereocenters. The van der Waals surface area contributed by atoms with Crippen molar-refractivity contribution in [2.45, 2.75) is 113 Å². The van der Waals surface area contributed by atoms with Gasteiger partial charge in [0.1, 0.15) is 53.8 Å². The Morgan fingerprint density at radius 3 is 1.17 bits per heavy atom. The largest absolute Gasteiger partial charge is 1.00 e. The van der Waals surface area contributed by atoms with Crippen LogP contribution in [0.3, 0.4) is 0 Å². The molecule has 0 saturated carbocycles. The van der Waals surface area contributed by atoms with Gasteiger partial charge in [0.25, 0.3) is 0 Å². The van der Waals surface area contributed by atoms with Crippen molar-refractivity contribution < 1.29 is 90.8 Å². The number of carbonyl (C=O) groups excluding carboxylic acids is 2. The first kappa shape index (κ1) is 83.5. The van der Waals surface area contributed by atoms with Gasteiger partial charge in [0.15, 0.2) is 0 Å². The van der Waals surface area contributed by atoms with Gasteiger partial charge in [0, 0.05) is 63.6 Å². The summed E-state index contributed by atoms with van der Waals surface area (Å²) in [5.74, 6) is 0.663. The molecule has 0 atom stereocenters. The molecule has 538 valence electrons. The Labute approximate surface area is 633 Å². The van der Waals surface area contributed by atoms with E-state index in [1.165, 1.54) is 5.56 Å². The maximum absolute atomic E-state index is 12.1. The first-order chi connectivity index (χ1) is 49.0. The smallest absolute Gasteiger partial charge is 0.870 e. The minimum atomic E-state index is -1.40. The van der Waals surface area contributed by atoms with Crippen LogP contribution in [0.5, 0.6) is 17.2 Å². The van der Waals surface area contributed by atoms with Crippen LogP contribution in [0, 0.1) is 0 Å². The molecular weight excluding hydrogens is 1400 g/mol. The maximum atomic E-state index is 12.1. The molecule has 3 aromatic heterocycles. The number of fused-ring (bicyclic) bond motifs is 3. The van der Waals surface area contributed by atoms with Gasteiger partial charge in [-0.2, -0.15) is 0 Å². The normalized spacial score (nSPS) is 10.5. The number of nitrogens with two attached hydrogens (primary N) is 3. The molecule has 0 fully saturated rings. The van der Waals surface area contributed by atoms with Crippen LogP contribution in [0.2, 0.25) is 0 Å². The van der Waals surface area contributed by atoms with Gasteiger partial charge in [0.05, 0.1) is 55.7 Å². The number of hydrogen-bond acceptors (Lipinski definition) is 17. The van der Waals surface area contributed by atoms with E-state index in [0.29, 0.717) is 75.2 Å². The first-order valence-electron chi connectivity index (χ1n) is 33.7. The molecule has 22 heteroatoms. The Bertz CT molecular complexity index is 4770. The third-order valence-corrected chi connectivity index (χ3v) is 17.2. The quantitative estimate of drug-likeness (QED) is 0.0217. The summed E-state index contributed by atoms with van der Waals surface area (Å²) in [4.78, 5) is 35.2. The van der Waals surface area contributed by atoms with E-state index in [2.05, 4.69) is 73.1 Å². The second-order valence-corrected chi connectivity index (χ2v) is 24.7. The maximum Gasteiger partial charge on any atom is 1.00 e. The molecule has 12 rings (SSSR count). The van der Waals surface area contributed by atoms with E-state index in [4.69, 9.17) is 64.2 Å². The van der Waals surface area contributed by atoms with Crippen molar-refractivity contribution in [3.63, 3.8) is 0 Å². The van der Waals surface area contributed by atoms with Gasteiger partial charge in [-0.25, -0.2) is 0 Å². The van der Waals surface area contributed by atoms with Gasteiger partial charge < -0.3 is 74.8 Å². The second kappa shape index (κ2) is 41.8. The molecule has 9 aromatic carbocycles. The van der Waals surface area contributed by atoms with E-state index in [0.717, 1.165) is 140 Å². The van der Waals surface area contributed by atoms with Crippen molar-refractivity contribution in [1.82, 2.24) is 0 Å². The molecule has 0 aliphatic heterocycles. The SMILES string of the molecule is CCOC(=O)Cc1ccc(CC)cc1OCc1cc(-c2cccc(CN)c2)c2occc2c1.CCOC(=O)Cc1ccc(CC)cc1OCc1cc(Br)c2occc2c1.CCc1ccc(CC(=O)O)c(OCc2cc(-c3cccc(CN)c3)c3occc3c2)c1.Cl.NCc1cccc(B(O)O)c1.[Li+].[OH-]. The van der Waals surface area contributed by atoms with Gasteiger partial charge in [0.2, 0.25) is 0 Å². The van der Waals surface area contributed by atoms with Crippen LogP contribution >= 0.6 is 28.3 Å². The molecule has 0 aliphatic rings. The van der Waals surface area contributed by atoms with Crippen LogP contribution in [0.4, 0.5) is 0 Å². The summed E-state index contributed by atoms with van der Waals surface area (Å²) >= 11 is 3.53. The number of benzene rings is 9. The summed E-state index contributed by atoms with van der Waals surface area (Å²) in [7, 11) is -1.40. The monoisotopic (exact) mass is 1490 g/mol. The number of furan rings is 3. The molecule has 0 radical (unpaired) electrons. The van der Waals surface area contributed by atoms with E-state index in [1.54, 1.807) is 43.9 Å². The zero-order valence-electron chi connectivity index (χ0n) is 59.3. The fraction of sp³-hybridized carbons (Fsp3) is 0.232. The van der Waals surface area contributed by atoms with Crippen LogP contribution in [0.1, 0.15) is 101 Å². The number of aryl methyl sites for hydroxylation is 3. The molecule has 10 N–H and O–H groups in total. The van der Waals surface area contributed by atoms with Crippen LogP contribution in [-0.4, -0.2) is 58.9 Å². The van der Waals surface area contributed by atoms with Crippen molar-refractivity contribution in [3.05, 3.63) is 272 Å². The number of aliphatic carboxylic acids is 1. The van der Waals surface area contributed by atoms with E-state index < -0.39 is 13.1 Å². The van der Waals surface area contributed by atoms with Gasteiger partial charge in [-0.1, -0.05) is 118 Å². The van der Waals surface area contributed by atoms with E-state index in [9.17, 15) is 19.5 Å². The third kappa shape index (κ3) is 23.3. The number of hydrogen-bond donors (Lipinski definition) is 6. The van der Waals surface area contributed by atoms with Gasteiger partial charge in [-0.05, 0) is 201 Å². The van der Waals surface area contributed by atoms with Gasteiger partial charge in [-0.3, -0.25) is 14.4 Å². The number of esters is 2. The minimum Gasteiger partial charge on any atom is -0.870 e. The number of carboxylic acids is 1. The zero-order valence-corrected chi connectivity index (χ0v) is 61.7. The Morgan fingerprint density at radius 1 is 0.433 bits per heavy atom. The van der Waals surface area contributed by atoms with Crippen LogP contribution in [0.25, 0.3) is 55.2 Å². The number of ether oxygens (including phenoxy) is 5. The van der Waals surface area contributed by atoms with Crippen molar-refractivity contribution >= 4 is 91.7 Å². The Hall–Kier alpha value is -9.40. The molecule has 0 spiro atoms. The predicted molar refractivity (Wildman–Crippen MR) is 409 cm³/mol. The minimum absolute atomic E-state index is 0. The average molecular weight is 1490 g/mol. The van der Waals surface area contributed by atoms with E-state index in [1.807, 2.05) is 134 Å². The first-order valence-corrected chi connectivity index (χ1v) is 34.5. The predicted octanol–water partition coefficient (Wildman–Crippen LogP) is 12.6. The standard InChI is InChI=1S/C28H29NO4.C26H25NO4.C21H21BrO4.C7H10BNO2.ClH.Li.H2O/c1-3-19-8-9-23(16-27(30)31-4-2)26(15-19)33-18-21-13-24-10-11-32-28(24)25(14-21)22-7-5-6-20(12-22)17-29;1-2-17-6-7-21(14-25(28)29)24(13-17)31-16-19-11-22-8-9-30-26(22)23(12-19)20-5-3-4-18(10-20)15-27;1-3-14-5-6-16(12-20(23)24-4-2)19(11-14)26-13-15-9-17-7-8-25-21(17)18(22)10-15;9-5-6-2-1-3-7(4-6)8(10)11;;;/h5-15H,3-4,16-18,29H2,1-2H3;3-13H,2,14-16,27H2,1H3,(H,28,29);5-11H,3-4,12-13H2,1-2H3;1-4,10-11H,5,9H2;1H;;1H2/q;;;;;+1;/p-1. The molecule has 0 saturated heterocycles. The number of halogens is 2. The Kier molecular flexibility index (Phi) is 33.6. The summed E-state index contributed by atoms with van der Waals surface area (Å²) in [6.45, 7) is 13.1. The fourth-order valence-electron chi connectivity index (χ4n) is 11.4. The Balaban J connectivity index is 0.000000226. The molecule has 104 heavy (non-hydrogen) atoms. The number of rotatable bonds is 26. The van der Waals surface area contributed by atoms with Crippen LogP contribution < -0.4 is 55.7 Å². The number of carbonyl (C=O) groups is 3. The number of carboxylic acid groups (broad SMARTS) is 1. The summed E-state index contributed by atoms with van der Waals surface area (Å²) in [6.07, 6.45) is 8.02. The molecule has 3 heterocycles. The zero-order chi connectivity index (χ0) is 71.8. The Morgan fingerprint density at radius 2 is 0.798 bits per heavy atom. The van der Waals surface area contributed by atoms with Crippen LogP contribution in [-0.2, 0) is 102 Å². The molecule has 0 amide bonds. The van der Waals surface area contributed by atoms with Gasteiger partial charge >= 0.3 is 43.9 Å². The average Bonchev–Trinajstić information content (AvgIpc) is 1.61. The molecule has 18 nitrogen and oxygen atoms in total. The summed E-state index contributed by atoms with van der Waals surface area (Å²) in [5.41, 5.74) is 35.8. The third-order valence-electron chi connectivity index (χ3n) is 16.6. The van der Waals surface area contributed by atoms with E-state index >= 15 is 0 Å². The van der Waals surface area contributed by atoms with Crippen molar-refractivity contribution in [2.75, 3.05) is 13.2 Å². The molecular formula is C82H87BBrClLiN3O15. The fourth-order valence-corrected chi connectivity index (χ4v) is 12.0. The molecule has 0 aliphatic carbocycles. The van der Waals surface area contributed by atoms with Gasteiger partial charge in [-0.15, -0.1) is 12.4 Å².